The smallest absolute Gasteiger partial charge is 0.258 e. The predicted molar refractivity (Wildman–Crippen MR) is 115 cm³/mol. The molecule has 0 amide bonds. The van der Waals surface area contributed by atoms with E-state index in [2.05, 4.69) is 56.4 Å². The predicted octanol–water partition coefficient (Wildman–Crippen LogP) is 3.18. The average Bonchev–Trinajstić information content (AvgIpc) is 3.21. The van der Waals surface area contributed by atoms with Crippen LogP contribution in [-0.4, -0.2) is 55.2 Å². The number of ether oxygens (including phenoxy) is 1. The Kier molecular flexibility index (Phi) is 7.23. The molecule has 2 heterocycles. The molecule has 29 heavy (non-hydrogen) atoms. The van der Waals surface area contributed by atoms with Gasteiger partial charge in [-0.15, -0.1) is 5.10 Å². The zero-order valence-corrected chi connectivity index (χ0v) is 17.9. The molecule has 0 aliphatic carbocycles. The van der Waals surface area contributed by atoms with Crippen LogP contribution in [0.1, 0.15) is 25.8 Å². The number of aryl methyl sites for hydroxylation is 1. The lowest BCUT2D eigenvalue weighted by atomic mass is 10.2. The topological polar surface area (TPSA) is 103 Å². The van der Waals surface area contributed by atoms with Gasteiger partial charge in [0.05, 0.1) is 6.61 Å². The van der Waals surface area contributed by atoms with Gasteiger partial charge in [0, 0.05) is 18.8 Å². The van der Waals surface area contributed by atoms with Gasteiger partial charge in [0.1, 0.15) is 12.1 Å². The molecule has 0 aliphatic heterocycles. The maximum Gasteiger partial charge on any atom is 0.258 e. The summed E-state index contributed by atoms with van der Waals surface area (Å²) in [6, 6.07) is 8.26. The van der Waals surface area contributed by atoms with Crippen molar-refractivity contribution in [2.24, 2.45) is 0 Å². The third-order valence-electron chi connectivity index (χ3n) is 4.12. The van der Waals surface area contributed by atoms with Gasteiger partial charge in [0.25, 0.3) is 5.95 Å². The van der Waals surface area contributed by atoms with E-state index in [0.717, 1.165) is 17.9 Å². The first-order valence-corrected chi connectivity index (χ1v) is 10.5. The fourth-order valence-electron chi connectivity index (χ4n) is 2.30. The quantitative estimate of drug-likeness (QED) is 0.382. The normalized spacial score (nSPS) is 11.9. The van der Waals surface area contributed by atoms with E-state index < -0.39 is 0 Å². The van der Waals surface area contributed by atoms with Gasteiger partial charge in [-0.05, 0) is 32.4 Å². The summed E-state index contributed by atoms with van der Waals surface area (Å²) in [4.78, 5) is 17.5. The van der Waals surface area contributed by atoms with Gasteiger partial charge in [-0.2, -0.15) is 19.6 Å². The minimum atomic E-state index is 0.255. The van der Waals surface area contributed by atoms with Gasteiger partial charge < -0.3 is 15.4 Å². The first-order valence-electron chi connectivity index (χ1n) is 9.52. The lowest BCUT2D eigenvalue weighted by Crippen LogP contribution is -2.18. The summed E-state index contributed by atoms with van der Waals surface area (Å²) >= 11 is 1.52. The standard InChI is InChI=1S/C19H26N8OS/c1-5-14(3)22-17-23-16(20-4)24-18(25-17)27-12-21-19(26-27)29-11-10-28-15-8-6-13(2)7-9-15/h6-9,12,14H,5,10-11H2,1-4H3,(H2,20,22,23,24,25)/t14-/m1/s1. The number of rotatable bonds is 10. The molecule has 154 valence electrons. The van der Waals surface area contributed by atoms with Crippen molar-refractivity contribution in [3.05, 3.63) is 36.2 Å². The second-order valence-electron chi connectivity index (χ2n) is 6.47. The van der Waals surface area contributed by atoms with E-state index in [9.17, 15) is 0 Å². The van der Waals surface area contributed by atoms with Gasteiger partial charge in [0.2, 0.25) is 17.1 Å². The third kappa shape index (κ3) is 6.05. The van der Waals surface area contributed by atoms with E-state index >= 15 is 0 Å². The Labute approximate surface area is 174 Å². The molecule has 3 aromatic rings. The van der Waals surface area contributed by atoms with Gasteiger partial charge >= 0.3 is 0 Å². The van der Waals surface area contributed by atoms with Crippen LogP contribution in [0.4, 0.5) is 11.9 Å². The molecule has 2 N–H and O–H groups in total. The third-order valence-corrected chi connectivity index (χ3v) is 4.93. The van der Waals surface area contributed by atoms with Crippen LogP contribution in [0.15, 0.2) is 35.7 Å². The summed E-state index contributed by atoms with van der Waals surface area (Å²) in [6.07, 6.45) is 2.57. The maximum atomic E-state index is 5.74. The minimum Gasteiger partial charge on any atom is -0.493 e. The van der Waals surface area contributed by atoms with Crippen LogP contribution in [0.3, 0.4) is 0 Å². The van der Waals surface area contributed by atoms with Crippen molar-refractivity contribution in [1.29, 1.82) is 0 Å². The van der Waals surface area contributed by atoms with Crippen molar-refractivity contribution in [1.82, 2.24) is 29.7 Å². The number of nitrogens with zero attached hydrogens (tertiary/aromatic N) is 6. The molecule has 0 aliphatic rings. The molecule has 10 heteroatoms. The Morgan fingerprint density at radius 3 is 2.62 bits per heavy atom. The van der Waals surface area contributed by atoms with E-state index in [4.69, 9.17) is 4.74 Å². The minimum absolute atomic E-state index is 0.255. The largest absolute Gasteiger partial charge is 0.493 e. The van der Waals surface area contributed by atoms with Crippen LogP contribution in [0, 0.1) is 6.92 Å². The zero-order valence-electron chi connectivity index (χ0n) is 17.1. The number of hydrogen-bond acceptors (Lipinski definition) is 9. The van der Waals surface area contributed by atoms with Crippen LogP contribution in [0.25, 0.3) is 5.95 Å². The highest BCUT2D eigenvalue weighted by Crippen LogP contribution is 2.16. The summed E-state index contributed by atoms with van der Waals surface area (Å²) in [7, 11) is 1.77. The van der Waals surface area contributed by atoms with Gasteiger partial charge in [-0.3, -0.25) is 0 Å². The second kappa shape index (κ2) is 10.1. The molecule has 9 nitrogen and oxygen atoms in total. The fraction of sp³-hybridized carbons (Fsp3) is 0.421. The molecule has 0 fully saturated rings. The maximum absolute atomic E-state index is 5.74. The van der Waals surface area contributed by atoms with Crippen molar-refractivity contribution in [3.8, 4) is 11.7 Å². The van der Waals surface area contributed by atoms with Crippen LogP contribution >= 0.6 is 11.8 Å². The summed E-state index contributed by atoms with van der Waals surface area (Å²) in [5, 5.41) is 11.3. The number of nitrogens with one attached hydrogen (secondary N) is 2. The fourth-order valence-corrected chi connectivity index (χ4v) is 2.92. The molecule has 3 rings (SSSR count). The van der Waals surface area contributed by atoms with E-state index in [0.29, 0.717) is 29.6 Å². The monoisotopic (exact) mass is 414 g/mol. The Bertz CT molecular complexity index is 915. The Balaban J connectivity index is 1.60. The summed E-state index contributed by atoms with van der Waals surface area (Å²) < 4.78 is 7.28. The van der Waals surface area contributed by atoms with Crippen molar-refractivity contribution in [3.63, 3.8) is 0 Å². The lowest BCUT2D eigenvalue weighted by molar-refractivity contribution is 0.344. The van der Waals surface area contributed by atoms with E-state index in [1.807, 2.05) is 24.3 Å². The van der Waals surface area contributed by atoms with E-state index in [1.165, 1.54) is 17.3 Å². The molecule has 0 spiro atoms. The number of aromatic nitrogens is 6. The second-order valence-corrected chi connectivity index (χ2v) is 7.53. The highest BCUT2D eigenvalue weighted by Gasteiger charge is 2.11. The SMILES string of the molecule is CC[C@@H](C)Nc1nc(NC)nc(-n2cnc(SCCOc3ccc(C)cc3)n2)n1. The highest BCUT2D eigenvalue weighted by molar-refractivity contribution is 7.99. The lowest BCUT2D eigenvalue weighted by Gasteiger charge is -2.12. The number of benzene rings is 1. The van der Waals surface area contributed by atoms with E-state index in [1.54, 1.807) is 18.1 Å². The molecular formula is C19H26N8OS. The number of anilines is 2. The highest BCUT2D eigenvalue weighted by atomic mass is 32.2. The molecular weight excluding hydrogens is 388 g/mol. The Morgan fingerprint density at radius 1 is 1.14 bits per heavy atom. The van der Waals surface area contributed by atoms with Crippen molar-refractivity contribution in [2.75, 3.05) is 30.0 Å². The molecule has 0 radical (unpaired) electrons. The zero-order chi connectivity index (χ0) is 20.6. The summed E-state index contributed by atoms with van der Waals surface area (Å²) in [6.45, 7) is 6.80. The van der Waals surface area contributed by atoms with Crippen molar-refractivity contribution in [2.45, 2.75) is 38.4 Å². The molecule has 1 atom stereocenters. The first-order chi connectivity index (χ1) is 14.1. The van der Waals surface area contributed by atoms with Gasteiger partial charge in [-0.25, -0.2) is 4.98 Å². The van der Waals surface area contributed by atoms with Crippen LogP contribution in [0.5, 0.6) is 5.75 Å². The molecule has 0 unspecified atom stereocenters. The van der Waals surface area contributed by atoms with E-state index in [-0.39, 0.29) is 6.04 Å². The molecule has 0 bridgehead atoms. The Hall–Kier alpha value is -2.88. The first kappa shape index (κ1) is 20.8. The van der Waals surface area contributed by atoms with Crippen molar-refractivity contribution < 1.29 is 4.74 Å². The molecule has 0 saturated carbocycles. The number of thioether (sulfide) groups is 1. The van der Waals surface area contributed by atoms with Crippen LogP contribution in [0.2, 0.25) is 0 Å². The van der Waals surface area contributed by atoms with Gasteiger partial charge in [-0.1, -0.05) is 36.4 Å². The summed E-state index contributed by atoms with van der Waals surface area (Å²) in [5.74, 6) is 2.98. The van der Waals surface area contributed by atoms with Crippen LogP contribution < -0.4 is 15.4 Å². The van der Waals surface area contributed by atoms with Crippen LogP contribution in [-0.2, 0) is 0 Å². The summed E-state index contributed by atoms with van der Waals surface area (Å²) in [5.41, 5.74) is 1.21. The number of hydrogen-bond donors (Lipinski definition) is 2. The molecule has 0 saturated heterocycles. The molecule has 2 aromatic heterocycles. The van der Waals surface area contributed by atoms with Gasteiger partial charge in [0.15, 0.2) is 0 Å². The Morgan fingerprint density at radius 2 is 1.90 bits per heavy atom. The average molecular weight is 415 g/mol. The van der Waals surface area contributed by atoms with Crippen molar-refractivity contribution >= 4 is 23.7 Å². The molecule has 1 aromatic carbocycles.